The number of amides is 2. The monoisotopic (exact) mass is 457 g/mol. The van der Waals surface area contributed by atoms with Crippen LogP contribution < -0.4 is 10.6 Å². The normalized spacial score (nSPS) is 16.2. The molecule has 1 aromatic heterocycles. The van der Waals surface area contributed by atoms with Gasteiger partial charge in [0, 0.05) is 62.4 Å². The van der Waals surface area contributed by atoms with Gasteiger partial charge in [-0.15, -0.1) is 0 Å². The average Bonchev–Trinajstić information content (AvgIpc) is 2.88. The van der Waals surface area contributed by atoms with Crippen LogP contribution in [0.25, 0.3) is 0 Å². The van der Waals surface area contributed by atoms with Crippen LogP contribution in [-0.2, 0) is 6.54 Å². The van der Waals surface area contributed by atoms with Gasteiger partial charge < -0.3 is 15.5 Å². The Kier molecular flexibility index (Phi) is 7.23. The highest BCUT2D eigenvalue weighted by atomic mass is 16.2. The maximum atomic E-state index is 13.4. The third-order valence-corrected chi connectivity index (χ3v) is 6.39. The van der Waals surface area contributed by atoms with Crippen LogP contribution in [0.5, 0.6) is 0 Å². The molecule has 0 spiro atoms. The van der Waals surface area contributed by atoms with Crippen molar-refractivity contribution in [1.82, 2.24) is 20.1 Å². The topological polar surface area (TPSA) is 77.6 Å². The third-order valence-electron chi connectivity index (χ3n) is 6.39. The smallest absolute Gasteiger partial charge is 0.254 e. The van der Waals surface area contributed by atoms with Gasteiger partial charge in [0.05, 0.1) is 6.04 Å². The number of anilines is 1. The number of piperazine rings is 1. The quantitative estimate of drug-likeness (QED) is 0.593. The number of pyridine rings is 1. The third kappa shape index (κ3) is 5.26. The number of benzene rings is 2. The number of rotatable bonds is 6. The fraction of sp³-hybridized carbons (Fsp3) is 0.296. The van der Waals surface area contributed by atoms with E-state index in [4.69, 9.17) is 0 Å². The molecule has 4 rings (SSSR count). The van der Waals surface area contributed by atoms with Crippen LogP contribution in [-0.4, -0.2) is 60.3 Å². The van der Waals surface area contributed by atoms with Crippen LogP contribution in [0.3, 0.4) is 0 Å². The van der Waals surface area contributed by atoms with Crippen LogP contribution in [0.1, 0.15) is 43.4 Å². The van der Waals surface area contributed by atoms with Crippen molar-refractivity contribution in [2.75, 3.05) is 39.0 Å². The predicted octanol–water partition coefficient (Wildman–Crippen LogP) is 3.49. The van der Waals surface area contributed by atoms with Gasteiger partial charge in [0.15, 0.2) is 0 Å². The zero-order chi connectivity index (χ0) is 24.1. The Morgan fingerprint density at radius 1 is 1.06 bits per heavy atom. The molecular weight excluding hydrogens is 426 g/mol. The summed E-state index contributed by atoms with van der Waals surface area (Å²) in [7, 11) is 3.69. The lowest BCUT2D eigenvalue weighted by Crippen LogP contribution is -2.49. The number of aromatic nitrogens is 1. The molecular formula is C27H31N5O2. The second-order valence-corrected chi connectivity index (χ2v) is 8.70. The van der Waals surface area contributed by atoms with E-state index in [0.29, 0.717) is 30.8 Å². The molecule has 0 radical (unpaired) electrons. The minimum Gasteiger partial charge on any atom is -0.381 e. The van der Waals surface area contributed by atoms with Gasteiger partial charge in [0.1, 0.15) is 0 Å². The summed E-state index contributed by atoms with van der Waals surface area (Å²) >= 11 is 0. The summed E-state index contributed by atoms with van der Waals surface area (Å²) in [6.45, 7) is 4.67. The molecule has 3 aromatic rings. The summed E-state index contributed by atoms with van der Waals surface area (Å²) in [5.74, 6) is -0.0933. The standard InChI is InChI=1S/C27H31N5O2/c1-19-9-10-23(15-24(19)30-17-20-6-5-11-29-16-20)27(34)32-13-12-31(3)25(18-32)21-7-4-8-22(14-21)26(33)28-2/h4-11,14-16,25,30H,12-13,17-18H2,1-3H3,(H,28,33)/t25-/m0/s1. The van der Waals surface area contributed by atoms with Gasteiger partial charge in [-0.3, -0.25) is 19.5 Å². The maximum Gasteiger partial charge on any atom is 0.254 e. The fourth-order valence-corrected chi connectivity index (χ4v) is 4.28. The Morgan fingerprint density at radius 3 is 2.68 bits per heavy atom. The number of carbonyl (C=O) groups excluding carboxylic acids is 2. The second-order valence-electron chi connectivity index (χ2n) is 8.70. The zero-order valence-electron chi connectivity index (χ0n) is 19.9. The molecule has 1 aliphatic heterocycles. The summed E-state index contributed by atoms with van der Waals surface area (Å²) < 4.78 is 0. The first-order valence-electron chi connectivity index (χ1n) is 11.5. The molecule has 2 heterocycles. The first kappa shape index (κ1) is 23.4. The molecule has 2 aromatic carbocycles. The first-order chi connectivity index (χ1) is 16.5. The summed E-state index contributed by atoms with van der Waals surface area (Å²) in [6.07, 6.45) is 3.59. The molecule has 2 N–H and O–H groups in total. The van der Waals surface area contributed by atoms with E-state index < -0.39 is 0 Å². The van der Waals surface area contributed by atoms with Crippen molar-refractivity contribution in [3.8, 4) is 0 Å². The highest BCUT2D eigenvalue weighted by molar-refractivity contribution is 5.96. The highest BCUT2D eigenvalue weighted by Gasteiger charge is 2.29. The van der Waals surface area contributed by atoms with Gasteiger partial charge in [-0.05, 0) is 61.0 Å². The Bertz CT molecular complexity index is 1160. The van der Waals surface area contributed by atoms with E-state index in [9.17, 15) is 9.59 Å². The molecule has 2 amide bonds. The number of aryl methyl sites for hydroxylation is 1. The Labute approximate surface area is 200 Å². The van der Waals surface area contributed by atoms with Gasteiger partial charge in [-0.25, -0.2) is 0 Å². The van der Waals surface area contributed by atoms with Crippen molar-refractivity contribution < 1.29 is 9.59 Å². The second kappa shape index (κ2) is 10.5. The van der Waals surface area contributed by atoms with Gasteiger partial charge in [-0.1, -0.05) is 24.3 Å². The molecule has 0 unspecified atom stereocenters. The van der Waals surface area contributed by atoms with Gasteiger partial charge in [0.2, 0.25) is 0 Å². The minimum absolute atomic E-state index is 0.0185. The zero-order valence-corrected chi connectivity index (χ0v) is 19.9. The molecule has 1 fully saturated rings. The van der Waals surface area contributed by atoms with Gasteiger partial charge in [-0.2, -0.15) is 0 Å². The van der Waals surface area contributed by atoms with Crippen LogP contribution in [0.15, 0.2) is 67.0 Å². The van der Waals surface area contributed by atoms with E-state index in [2.05, 4.69) is 27.6 Å². The Hall–Kier alpha value is -3.71. The number of carbonyl (C=O) groups is 2. The number of nitrogens with one attached hydrogen (secondary N) is 2. The van der Waals surface area contributed by atoms with Crippen molar-refractivity contribution in [1.29, 1.82) is 0 Å². The number of likely N-dealkylation sites (N-methyl/N-ethyl adjacent to an activating group) is 1. The lowest BCUT2D eigenvalue weighted by atomic mass is 9.99. The van der Waals surface area contributed by atoms with Crippen molar-refractivity contribution in [2.45, 2.75) is 19.5 Å². The van der Waals surface area contributed by atoms with E-state index in [1.807, 2.05) is 66.6 Å². The molecule has 34 heavy (non-hydrogen) atoms. The van der Waals surface area contributed by atoms with E-state index in [-0.39, 0.29) is 17.9 Å². The lowest BCUT2D eigenvalue weighted by molar-refractivity contribution is 0.0545. The minimum atomic E-state index is -0.112. The van der Waals surface area contributed by atoms with Crippen molar-refractivity contribution in [3.05, 3.63) is 94.8 Å². The summed E-state index contributed by atoms with van der Waals surface area (Å²) in [6, 6.07) is 17.4. The van der Waals surface area contributed by atoms with Gasteiger partial charge >= 0.3 is 0 Å². The first-order valence-corrected chi connectivity index (χ1v) is 11.5. The molecule has 0 bridgehead atoms. The summed E-state index contributed by atoms with van der Waals surface area (Å²) in [5, 5.41) is 6.11. The largest absolute Gasteiger partial charge is 0.381 e. The van der Waals surface area contributed by atoms with Crippen molar-refractivity contribution >= 4 is 17.5 Å². The summed E-state index contributed by atoms with van der Waals surface area (Å²) in [4.78, 5) is 33.8. The Morgan fingerprint density at radius 2 is 1.91 bits per heavy atom. The average molecular weight is 458 g/mol. The molecule has 1 atom stereocenters. The maximum absolute atomic E-state index is 13.4. The van der Waals surface area contributed by atoms with Crippen LogP contribution in [0.4, 0.5) is 5.69 Å². The highest BCUT2D eigenvalue weighted by Crippen LogP contribution is 2.27. The number of nitrogens with zero attached hydrogens (tertiary/aromatic N) is 3. The molecule has 1 saturated heterocycles. The predicted molar refractivity (Wildman–Crippen MR) is 134 cm³/mol. The van der Waals surface area contributed by atoms with E-state index in [0.717, 1.165) is 28.9 Å². The van der Waals surface area contributed by atoms with Crippen molar-refractivity contribution in [3.63, 3.8) is 0 Å². The van der Waals surface area contributed by atoms with Crippen LogP contribution >= 0.6 is 0 Å². The molecule has 1 aliphatic rings. The summed E-state index contributed by atoms with van der Waals surface area (Å²) in [5.41, 5.74) is 5.44. The SMILES string of the molecule is CNC(=O)c1cccc([C@@H]2CN(C(=O)c3ccc(C)c(NCc4cccnc4)c3)CCN2C)c1. The Balaban J connectivity index is 1.50. The number of hydrogen-bond donors (Lipinski definition) is 2. The number of hydrogen-bond acceptors (Lipinski definition) is 5. The van der Waals surface area contributed by atoms with Crippen LogP contribution in [0, 0.1) is 6.92 Å². The molecule has 0 aliphatic carbocycles. The lowest BCUT2D eigenvalue weighted by Gasteiger charge is -2.40. The molecule has 0 saturated carbocycles. The van der Waals surface area contributed by atoms with Gasteiger partial charge in [0.25, 0.3) is 11.8 Å². The molecule has 176 valence electrons. The van der Waals surface area contributed by atoms with E-state index in [1.165, 1.54) is 0 Å². The van der Waals surface area contributed by atoms with Crippen molar-refractivity contribution in [2.24, 2.45) is 0 Å². The molecule has 7 nitrogen and oxygen atoms in total. The van der Waals surface area contributed by atoms with E-state index >= 15 is 0 Å². The fourth-order valence-electron chi connectivity index (χ4n) is 4.28. The van der Waals surface area contributed by atoms with E-state index in [1.54, 1.807) is 19.3 Å². The molecule has 7 heteroatoms. The van der Waals surface area contributed by atoms with Crippen LogP contribution in [0.2, 0.25) is 0 Å².